The maximum absolute atomic E-state index is 2.71. The SMILES string of the molecule is CC(C)N1CCC(CN(C)C2CN(CC3CCN(C)CC3)C2)CC1. The van der Waals surface area contributed by atoms with E-state index in [4.69, 9.17) is 0 Å². The minimum Gasteiger partial charge on any atom is -0.306 e. The van der Waals surface area contributed by atoms with Crippen LogP contribution in [-0.2, 0) is 0 Å². The second-order valence-electron chi connectivity index (χ2n) is 9.13. The maximum Gasteiger partial charge on any atom is 0.0347 e. The van der Waals surface area contributed by atoms with Crippen LogP contribution in [0.15, 0.2) is 0 Å². The van der Waals surface area contributed by atoms with Crippen LogP contribution in [0.3, 0.4) is 0 Å². The van der Waals surface area contributed by atoms with Crippen LogP contribution in [-0.4, -0.2) is 98.1 Å². The van der Waals surface area contributed by atoms with Gasteiger partial charge in [-0.05, 0) is 91.6 Å². The second-order valence-corrected chi connectivity index (χ2v) is 9.13. The number of rotatable bonds is 6. The number of hydrogen-bond donors (Lipinski definition) is 0. The molecule has 3 fully saturated rings. The monoisotopic (exact) mass is 336 g/mol. The first-order chi connectivity index (χ1) is 11.5. The summed E-state index contributed by atoms with van der Waals surface area (Å²) in [6, 6.07) is 1.54. The van der Waals surface area contributed by atoms with Gasteiger partial charge >= 0.3 is 0 Å². The molecular formula is C20H40N4. The van der Waals surface area contributed by atoms with Gasteiger partial charge in [-0.1, -0.05) is 0 Å². The van der Waals surface area contributed by atoms with Gasteiger partial charge in [0.15, 0.2) is 0 Å². The Bertz CT molecular complexity index is 364. The molecule has 0 spiro atoms. The highest BCUT2D eigenvalue weighted by atomic mass is 15.3. The fraction of sp³-hybridized carbons (Fsp3) is 1.00. The van der Waals surface area contributed by atoms with E-state index in [1.807, 2.05) is 0 Å². The van der Waals surface area contributed by atoms with Crippen molar-refractivity contribution in [2.45, 2.75) is 51.6 Å². The molecule has 4 heteroatoms. The standard InChI is InChI=1S/C20H40N4/c1-17(2)24-11-7-18(8-12-24)13-22(4)20-15-23(16-20)14-19-5-9-21(3)10-6-19/h17-20H,5-16H2,1-4H3. The summed E-state index contributed by atoms with van der Waals surface area (Å²) >= 11 is 0. The first kappa shape index (κ1) is 18.6. The van der Waals surface area contributed by atoms with Gasteiger partial charge in [0.05, 0.1) is 0 Å². The lowest BCUT2D eigenvalue weighted by Gasteiger charge is -2.47. The molecule has 3 aliphatic rings. The molecule has 0 aromatic heterocycles. The molecule has 3 rings (SSSR count). The quantitative estimate of drug-likeness (QED) is 0.736. The van der Waals surface area contributed by atoms with E-state index in [0.29, 0.717) is 0 Å². The largest absolute Gasteiger partial charge is 0.306 e. The smallest absolute Gasteiger partial charge is 0.0347 e. The molecule has 0 amide bonds. The number of likely N-dealkylation sites (tertiary alicyclic amines) is 3. The van der Waals surface area contributed by atoms with Crippen molar-refractivity contribution in [3.8, 4) is 0 Å². The highest BCUT2D eigenvalue weighted by molar-refractivity contribution is 4.90. The fourth-order valence-electron chi connectivity index (χ4n) is 4.79. The normalized spacial score (nSPS) is 27.2. The highest BCUT2D eigenvalue weighted by Crippen LogP contribution is 2.24. The Morgan fingerprint density at radius 1 is 0.917 bits per heavy atom. The Morgan fingerprint density at radius 3 is 2.08 bits per heavy atom. The first-order valence-corrected chi connectivity index (χ1v) is 10.4. The van der Waals surface area contributed by atoms with Crippen LogP contribution in [0.2, 0.25) is 0 Å². The van der Waals surface area contributed by atoms with Gasteiger partial charge < -0.3 is 14.7 Å². The molecule has 0 saturated carbocycles. The van der Waals surface area contributed by atoms with Crippen LogP contribution in [0.1, 0.15) is 39.5 Å². The zero-order valence-electron chi connectivity index (χ0n) is 16.6. The molecule has 3 saturated heterocycles. The summed E-state index contributed by atoms with van der Waals surface area (Å²) < 4.78 is 0. The van der Waals surface area contributed by atoms with E-state index in [0.717, 1.165) is 23.9 Å². The van der Waals surface area contributed by atoms with Crippen molar-refractivity contribution in [1.29, 1.82) is 0 Å². The zero-order chi connectivity index (χ0) is 17.1. The highest BCUT2D eigenvalue weighted by Gasteiger charge is 2.33. The Hall–Kier alpha value is -0.160. The average Bonchev–Trinajstić information content (AvgIpc) is 2.52. The van der Waals surface area contributed by atoms with E-state index < -0.39 is 0 Å². The van der Waals surface area contributed by atoms with Crippen LogP contribution >= 0.6 is 0 Å². The predicted molar refractivity (Wildman–Crippen MR) is 103 cm³/mol. The summed E-state index contributed by atoms with van der Waals surface area (Å²) in [7, 11) is 4.63. The fourth-order valence-corrected chi connectivity index (χ4v) is 4.79. The van der Waals surface area contributed by atoms with Gasteiger partial charge in [0.2, 0.25) is 0 Å². The van der Waals surface area contributed by atoms with E-state index in [9.17, 15) is 0 Å². The molecule has 0 atom stereocenters. The minimum atomic E-state index is 0.725. The van der Waals surface area contributed by atoms with Gasteiger partial charge in [-0.3, -0.25) is 4.90 Å². The van der Waals surface area contributed by atoms with Crippen molar-refractivity contribution >= 4 is 0 Å². The molecule has 0 aliphatic carbocycles. The lowest BCUT2D eigenvalue weighted by molar-refractivity contribution is 0.0164. The van der Waals surface area contributed by atoms with E-state index in [-0.39, 0.29) is 0 Å². The lowest BCUT2D eigenvalue weighted by atomic mass is 9.93. The van der Waals surface area contributed by atoms with Gasteiger partial charge in [-0.2, -0.15) is 0 Å². The van der Waals surface area contributed by atoms with Crippen LogP contribution in [0, 0.1) is 11.8 Å². The molecule has 24 heavy (non-hydrogen) atoms. The van der Waals surface area contributed by atoms with Gasteiger partial charge in [-0.15, -0.1) is 0 Å². The third-order valence-corrected chi connectivity index (χ3v) is 6.84. The molecular weight excluding hydrogens is 296 g/mol. The van der Waals surface area contributed by atoms with E-state index >= 15 is 0 Å². The molecule has 4 nitrogen and oxygen atoms in total. The Morgan fingerprint density at radius 2 is 1.50 bits per heavy atom. The Labute approximate surface area is 150 Å². The van der Waals surface area contributed by atoms with Crippen LogP contribution in [0.4, 0.5) is 0 Å². The van der Waals surface area contributed by atoms with Crippen molar-refractivity contribution in [3.63, 3.8) is 0 Å². The van der Waals surface area contributed by atoms with Gasteiger partial charge in [0, 0.05) is 38.3 Å². The van der Waals surface area contributed by atoms with Gasteiger partial charge in [0.1, 0.15) is 0 Å². The molecule has 140 valence electrons. The summed E-state index contributed by atoms with van der Waals surface area (Å²) in [5, 5.41) is 0. The number of nitrogens with zero attached hydrogens (tertiary/aromatic N) is 4. The molecule has 0 unspecified atom stereocenters. The molecule has 3 heterocycles. The Kier molecular flexibility index (Phi) is 6.58. The maximum atomic E-state index is 2.71. The molecule has 0 aromatic rings. The molecule has 0 radical (unpaired) electrons. The van der Waals surface area contributed by atoms with E-state index in [2.05, 4.69) is 47.5 Å². The number of likely N-dealkylation sites (N-methyl/N-ethyl adjacent to an activating group) is 1. The van der Waals surface area contributed by atoms with Crippen molar-refractivity contribution in [2.24, 2.45) is 11.8 Å². The van der Waals surface area contributed by atoms with Crippen molar-refractivity contribution < 1.29 is 0 Å². The van der Waals surface area contributed by atoms with Gasteiger partial charge in [0.25, 0.3) is 0 Å². The summed E-state index contributed by atoms with van der Waals surface area (Å²) in [5.41, 5.74) is 0. The average molecular weight is 337 g/mol. The second kappa shape index (κ2) is 8.48. The van der Waals surface area contributed by atoms with Crippen LogP contribution in [0.5, 0.6) is 0 Å². The zero-order valence-corrected chi connectivity index (χ0v) is 16.6. The molecule has 3 aliphatic heterocycles. The topological polar surface area (TPSA) is 13.0 Å². The number of hydrogen-bond acceptors (Lipinski definition) is 4. The summed E-state index contributed by atoms with van der Waals surface area (Å²) in [6.07, 6.45) is 5.60. The Balaban J connectivity index is 1.30. The van der Waals surface area contributed by atoms with Crippen molar-refractivity contribution in [3.05, 3.63) is 0 Å². The summed E-state index contributed by atoms with van der Waals surface area (Å²) in [6.45, 7) is 15.2. The van der Waals surface area contributed by atoms with E-state index in [1.165, 1.54) is 78.0 Å². The lowest BCUT2D eigenvalue weighted by Crippen LogP contribution is -2.60. The van der Waals surface area contributed by atoms with Crippen LogP contribution in [0.25, 0.3) is 0 Å². The molecule has 0 aromatic carbocycles. The summed E-state index contributed by atoms with van der Waals surface area (Å²) in [4.78, 5) is 10.5. The van der Waals surface area contributed by atoms with Gasteiger partial charge in [-0.25, -0.2) is 0 Å². The predicted octanol–water partition coefficient (Wildman–Crippen LogP) is 2.06. The molecule has 0 bridgehead atoms. The third-order valence-electron chi connectivity index (χ3n) is 6.84. The third kappa shape index (κ3) is 4.94. The van der Waals surface area contributed by atoms with E-state index in [1.54, 1.807) is 0 Å². The first-order valence-electron chi connectivity index (χ1n) is 10.4. The van der Waals surface area contributed by atoms with Crippen LogP contribution < -0.4 is 0 Å². The minimum absolute atomic E-state index is 0.725. The summed E-state index contributed by atoms with van der Waals surface area (Å²) in [5.74, 6) is 1.88. The number of piperidine rings is 2. The van der Waals surface area contributed by atoms with Crippen molar-refractivity contribution in [1.82, 2.24) is 19.6 Å². The van der Waals surface area contributed by atoms with Crippen molar-refractivity contribution in [2.75, 3.05) is 66.5 Å². The molecule has 0 N–H and O–H groups in total.